The molecule has 0 saturated heterocycles. The van der Waals surface area contributed by atoms with Crippen LogP contribution in [-0.2, 0) is 11.2 Å². The minimum absolute atomic E-state index is 0.202. The normalized spacial score (nSPS) is 10.6. The van der Waals surface area contributed by atoms with Gasteiger partial charge >= 0.3 is 0 Å². The van der Waals surface area contributed by atoms with Gasteiger partial charge in [0.05, 0.1) is 4.34 Å². The summed E-state index contributed by atoms with van der Waals surface area (Å²) in [7, 11) is 0. The molecule has 96 valence electrons. The van der Waals surface area contributed by atoms with Crippen LogP contribution in [-0.4, -0.2) is 5.97 Å². The SMILES string of the molecule is O=C([O-])CCCCCCCCc1ccc(Cl)s1. The molecule has 0 aliphatic carbocycles. The Morgan fingerprint density at radius 2 is 1.76 bits per heavy atom. The van der Waals surface area contributed by atoms with Crippen LogP contribution in [0.4, 0.5) is 0 Å². The van der Waals surface area contributed by atoms with E-state index in [1.165, 1.54) is 24.1 Å². The second kappa shape index (κ2) is 8.54. The zero-order chi connectivity index (χ0) is 12.5. The van der Waals surface area contributed by atoms with Crippen molar-refractivity contribution in [3.05, 3.63) is 21.3 Å². The molecule has 0 bridgehead atoms. The van der Waals surface area contributed by atoms with Gasteiger partial charge in [-0.25, -0.2) is 0 Å². The molecule has 0 aliphatic rings. The fourth-order valence-electron chi connectivity index (χ4n) is 1.76. The molecule has 1 aromatic heterocycles. The van der Waals surface area contributed by atoms with Gasteiger partial charge in [0, 0.05) is 10.8 Å². The molecule has 0 saturated carbocycles. The second-order valence-electron chi connectivity index (χ2n) is 4.20. The minimum Gasteiger partial charge on any atom is -0.550 e. The zero-order valence-corrected chi connectivity index (χ0v) is 11.5. The molecule has 0 amide bonds. The third-order valence-electron chi connectivity index (χ3n) is 2.68. The number of halogens is 1. The number of hydrogen-bond donors (Lipinski definition) is 0. The van der Waals surface area contributed by atoms with E-state index >= 15 is 0 Å². The lowest BCUT2D eigenvalue weighted by Crippen LogP contribution is -2.21. The molecule has 0 radical (unpaired) electrons. The maximum atomic E-state index is 10.2. The number of carbonyl (C=O) groups excluding carboxylic acids is 1. The lowest BCUT2D eigenvalue weighted by Gasteiger charge is -2.02. The van der Waals surface area contributed by atoms with Crippen molar-refractivity contribution in [2.24, 2.45) is 0 Å². The van der Waals surface area contributed by atoms with Crippen LogP contribution in [0.15, 0.2) is 12.1 Å². The number of thiophene rings is 1. The topological polar surface area (TPSA) is 40.1 Å². The van der Waals surface area contributed by atoms with Gasteiger partial charge in [0.25, 0.3) is 0 Å². The first-order chi connectivity index (χ1) is 8.18. The fourth-order valence-corrected chi connectivity index (χ4v) is 2.89. The first-order valence-corrected chi connectivity index (χ1v) is 7.32. The molecule has 0 aliphatic heterocycles. The Morgan fingerprint density at radius 1 is 1.12 bits per heavy atom. The standard InChI is InChI=1S/C13H19ClO2S/c14-12-10-9-11(17-12)7-5-3-1-2-4-6-8-13(15)16/h9-10H,1-8H2,(H,15,16)/p-1. The number of carboxylic acid groups (broad SMARTS) is 1. The van der Waals surface area contributed by atoms with Crippen molar-refractivity contribution in [2.45, 2.75) is 51.4 Å². The predicted octanol–water partition coefficient (Wildman–Crippen LogP) is 3.42. The van der Waals surface area contributed by atoms with E-state index in [-0.39, 0.29) is 6.42 Å². The van der Waals surface area contributed by atoms with E-state index in [0.717, 1.165) is 30.0 Å². The molecule has 4 heteroatoms. The maximum absolute atomic E-state index is 10.2. The van der Waals surface area contributed by atoms with E-state index < -0.39 is 5.97 Å². The van der Waals surface area contributed by atoms with Crippen LogP contribution >= 0.6 is 22.9 Å². The third kappa shape index (κ3) is 7.40. The first-order valence-electron chi connectivity index (χ1n) is 6.12. The number of aryl methyl sites for hydroxylation is 1. The lowest BCUT2D eigenvalue weighted by molar-refractivity contribution is -0.305. The highest BCUT2D eigenvalue weighted by molar-refractivity contribution is 7.16. The van der Waals surface area contributed by atoms with Gasteiger partial charge in [0.2, 0.25) is 0 Å². The van der Waals surface area contributed by atoms with E-state index in [4.69, 9.17) is 11.6 Å². The largest absolute Gasteiger partial charge is 0.550 e. The van der Waals surface area contributed by atoms with Crippen molar-refractivity contribution in [3.8, 4) is 0 Å². The summed E-state index contributed by atoms with van der Waals surface area (Å²) in [6, 6.07) is 4.04. The summed E-state index contributed by atoms with van der Waals surface area (Å²) >= 11 is 7.50. The quantitative estimate of drug-likeness (QED) is 0.647. The van der Waals surface area contributed by atoms with Gasteiger partial charge in [-0.1, -0.05) is 37.3 Å². The number of hydrogen-bond acceptors (Lipinski definition) is 3. The Labute approximate surface area is 112 Å². The Morgan fingerprint density at radius 3 is 2.35 bits per heavy atom. The van der Waals surface area contributed by atoms with Gasteiger partial charge in [-0.2, -0.15) is 0 Å². The molecule has 0 unspecified atom stereocenters. The lowest BCUT2D eigenvalue weighted by atomic mass is 10.1. The summed E-state index contributed by atoms with van der Waals surface area (Å²) in [4.78, 5) is 11.5. The smallest absolute Gasteiger partial charge is 0.0931 e. The summed E-state index contributed by atoms with van der Waals surface area (Å²) in [5.74, 6) is -0.931. The molecule has 0 fully saturated rings. The van der Waals surface area contributed by atoms with E-state index in [9.17, 15) is 9.90 Å². The molecule has 1 rings (SSSR count). The van der Waals surface area contributed by atoms with Gasteiger partial charge in [-0.05, 0) is 37.8 Å². The Bertz CT molecular complexity index is 336. The molecule has 0 aromatic carbocycles. The zero-order valence-electron chi connectivity index (χ0n) is 9.91. The summed E-state index contributed by atoms with van der Waals surface area (Å²) in [6.45, 7) is 0. The summed E-state index contributed by atoms with van der Waals surface area (Å²) in [6.07, 6.45) is 7.77. The van der Waals surface area contributed by atoms with Crippen molar-refractivity contribution in [1.82, 2.24) is 0 Å². The van der Waals surface area contributed by atoms with E-state index in [1.807, 2.05) is 6.07 Å². The molecule has 0 atom stereocenters. The van der Waals surface area contributed by atoms with Crippen LogP contribution in [0, 0.1) is 0 Å². The van der Waals surface area contributed by atoms with Crippen LogP contribution in [0.25, 0.3) is 0 Å². The average Bonchev–Trinajstić information content (AvgIpc) is 2.68. The number of carboxylic acids is 1. The Balaban J connectivity index is 1.89. The molecule has 0 N–H and O–H groups in total. The van der Waals surface area contributed by atoms with Gasteiger partial charge in [-0.15, -0.1) is 11.3 Å². The highest BCUT2D eigenvalue weighted by atomic mass is 35.5. The van der Waals surface area contributed by atoms with Gasteiger partial charge in [0.15, 0.2) is 0 Å². The van der Waals surface area contributed by atoms with Crippen molar-refractivity contribution in [2.75, 3.05) is 0 Å². The van der Waals surface area contributed by atoms with E-state index in [0.29, 0.717) is 0 Å². The van der Waals surface area contributed by atoms with Crippen LogP contribution in [0.3, 0.4) is 0 Å². The molecule has 0 spiro atoms. The molecule has 2 nitrogen and oxygen atoms in total. The number of unbranched alkanes of at least 4 members (excludes halogenated alkanes) is 5. The Hall–Kier alpha value is -0.540. The molecule has 1 aromatic rings. The highest BCUT2D eigenvalue weighted by Crippen LogP contribution is 2.23. The molecule has 1 heterocycles. The average molecular weight is 274 g/mol. The maximum Gasteiger partial charge on any atom is 0.0931 e. The highest BCUT2D eigenvalue weighted by Gasteiger charge is 1.98. The minimum atomic E-state index is -0.931. The van der Waals surface area contributed by atoms with Crippen molar-refractivity contribution < 1.29 is 9.90 Å². The number of rotatable bonds is 9. The van der Waals surface area contributed by atoms with Crippen LogP contribution in [0.1, 0.15) is 49.8 Å². The van der Waals surface area contributed by atoms with Crippen LogP contribution in [0.5, 0.6) is 0 Å². The van der Waals surface area contributed by atoms with Gasteiger partial charge < -0.3 is 9.90 Å². The van der Waals surface area contributed by atoms with Crippen molar-refractivity contribution in [1.29, 1.82) is 0 Å². The molecular weight excluding hydrogens is 256 g/mol. The number of aliphatic carboxylic acids is 1. The first kappa shape index (κ1) is 14.5. The molecule has 17 heavy (non-hydrogen) atoms. The van der Waals surface area contributed by atoms with E-state index in [1.54, 1.807) is 11.3 Å². The Kier molecular flexibility index (Phi) is 7.29. The van der Waals surface area contributed by atoms with E-state index in [2.05, 4.69) is 6.07 Å². The van der Waals surface area contributed by atoms with Crippen molar-refractivity contribution >= 4 is 28.9 Å². The summed E-state index contributed by atoms with van der Waals surface area (Å²) in [5, 5.41) is 10.2. The predicted molar refractivity (Wildman–Crippen MR) is 70.4 cm³/mol. The van der Waals surface area contributed by atoms with Gasteiger partial charge in [-0.3, -0.25) is 0 Å². The summed E-state index contributed by atoms with van der Waals surface area (Å²) < 4.78 is 0.863. The summed E-state index contributed by atoms with van der Waals surface area (Å²) in [5.41, 5.74) is 0. The number of carbonyl (C=O) groups is 1. The third-order valence-corrected chi connectivity index (χ3v) is 3.97. The van der Waals surface area contributed by atoms with Crippen molar-refractivity contribution in [3.63, 3.8) is 0 Å². The molecular formula is C13H18ClO2S-. The second-order valence-corrected chi connectivity index (χ2v) is 6.00. The van der Waals surface area contributed by atoms with Crippen LogP contribution in [0.2, 0.25) is 4.34 Å². The monoisotopic (exact) mass is 273 g/mol. The van der Waals surface area contributed by atoms with Crippen LogP contribution < -0.4 is 5.11 Å². The fraction of sp³-hybridized carbons (Fsp3) is 0.615. The van der Waals surface area contributed by atoms with Gasteiger partial charge in [0.1, 0.15) is 0 Å².